The Balaban J connectivity index is 2.78. The highest BCUT2D eigenvalue weighted by atomic mass is 35.5. The van der Waals surface area contributed by atoms with E-state index >= 15 is 0 Å². The highest BCUT2D eigenvalue weighted by molar-refractivity contribution is 6.31. The standard InChI is InChI=1S/C13H17ClFN3O2/c1-7(2)5-11(18-13(16)20)12(19)17-8-3-4-10(15)9(14)6-8/h3-4,6-7,11H,5H2,1-2H3,(H,17,19)(H3,16,18,20). The highest BCUT2D eigenvalue weighted by Gasteiger charge is 2.21. The van der Waals surface area contributed by atoms with Crippen molar-refractivity contribution in [3.05, 3.63) is 29.0 Å². The molecule has 0 spiro atoms. The number of benzene rings is 1. The molecule has 0 heterocycles. The molecular weight excluding hydrogens is 285 g/mol. The second-order valence-electron chi connectivity index (χ2n) is 4.81. The van der Waals surface area contributed by atoms with Gasteiger partial charge in [-0.3, -0.25) is 4.79 Å². The topological polar surface area (TPSA) is 84.2 Å². The number of carbonyl (C=O) groups excluding carboxylic acids is 2. The summed E-state index contributed by atoms with van der Waals surface area (Å²) in [6.07, 6.45) is 0.434. The van der Waals surface area contributed by atoms with Crippen LogP contribution in [-0.4, -0.2) is 18.0 Å². The molecule has 0 aliphatic heterocycles. The SMILES string of the molecule is CC(C)CC(NC(N)=O)C(=O)Nc1ccc(F)c(Cl)c1. The largest absolute Gasteiger partial charge is 0.352 e. The second-order valence-corrected chi connectivity index (χ2v) is 5.22. The van der Waals surface area contributed by atoms with Gasteiger partial charge in [-0.15, -0.1) is 0 Å². The van der Waals surface area contributed by atoms with E-state index in [-0.39, 0.29) is 10.9 Å². The highest BCUT2D eigenvalue weighted by Crippen LogP contribution is 2.19. The molecule has 7 heteroatoms. The number of urea groups is 1. The maximum atomic E-state index is 13.0. The van der Waals surface area contributed by atoms with Crippen molar-refractivity contribution in [3.63, 3.8) is 0 Å². The molecule has 110 valence electrons. The lowest BCUT2D eigenvalue weighted by molar-refractivity contribution is -0.118. The molecule has 3 amide bonds. The van der Waals surface area contributed by atoms with Gasteiger partial charge in [0.25, 0.3) is 0 Å². The van der Waals surface area contributed by atoms with E-state index in [4.69, 9.17) is 17.3 Å². The third kappa shape index (κ3) is 5.05. The lowest BCUT2D eigenvalue weighted by atomic mass is 10.0. The lowest BCUT2D eigenvalue weighted by Crippen LogP contribution is -2.46. The minimum atomic E-state index is -0.775. The van der Waals surface area contributed by atoms with E-state index in [0.717, 1.165) is 6.07 Å². The zero-order valence-corrected chi connectivity index (χ0v) is 12.0. The van der Waals surface area contributed by atoms with E-state index < -0.39 is 23.8 Å². The van der Waals surface area contributed by atoms with Crippen LogP contribution in [0.3, 0.4) is 0 Å². The van der Waals surface area contributed by atoms with Crippen LogP contribution in [0.5, 0.6) is 0 Å². The summed E-state index contributed by atoms with van der Waals surface area (Å²) in [5.74, 6) is -0.812. The minimum absolute atomic E-state index is 0.0916. The Hall–Kier alpha value is -1.82. The minimum Gasteiger partial charge on any atom is -0.352 e. The summed E-state index contributed by atoms with van der Waals surface area (Å²) in [5.41, 5.74) is 5.39. The van der Waals surface area contributed by atoms with Crippen LogP contribution in [0, 0.1) is 11.7 Å². The number of primary amides is 1. The summed E-state index contributed by atoms with van der Waals surface area (Å²) in [7, 11) is 0. The van der Waals surface area contributed by atoms with Crippen LogP contribution in [0.4, 0.5) is 14.9 Å². The van der Waals surface area contributed by atoms with Crippen molar-refractivity contribution in [1.82, 2.24) is 5.32 Å². The third-order valence-electron chi connectivity index (χ3n) is 2.53. The fourth-order valence-electron chi connectivity index (χ4n) is 1.68. The summed E-state index contributed by atoms with van der Waals surface area (Å²) in [4.78, 5) is 23.0. The fourth-order valence-corrected chi connectivity index (χ4v) is 1.86. The predicted octanol–water partition coefficient (Wildman–Crippen LogP) is 2.50. The molecule has 1 unspecified atom stereocenters. The van der Waals surface area contributed by atoms with E-state index in [2.05, 4.69) is 10.6 Å². The second kappa shape index (κ2) is 7.09. The van der Waals surface area contributed by atoms with E-state index in [1.165, 1.54) is 12.1 Å². The summed E-state index contributed by atoms with van der Waals surface area (Å²) in [6.45, 7) is 3.83. The smallest absolute Gasteiger partial charge is 0.312 e. The van der Waals surface area contributed by atoms with Gasteiger partial charge in [0.1, 0.15) is 11.9 Å². The number of nitrogens with one attached hydrogen (secondary N) is 2. The van der Waals surface area contributed by atoms with E-state index in [9.17, 15) is 14.0 Å². The summed E-state index contributed by atoms with van der Waals surface area (Å²) in [5, 5.41) is 4.85. The first-order chi connectivity index (χ1) is 9.29. The van der Waals surface area contributed by atoms with Gasteiger partial charge in [-0.25, -0.2) is 9.18 Å². The first-order valence-electron chi connectivity index (χ1n) is 6.11. The molecule has 1 aromatic rings. The number of anilines is 1. The monoisotopic (exact) mass is 301 g/mol. The lowest BCUT2D eigenvalue weighted by Gasteiger charge is -2.19. The maximum absolute atomic E-state index is 13.0. The Kier molecular flexibility index (Phi) is 5.76. The van der Waals surface area contributed by atoms with Crippen LogP contribution in [0.15, 0.2) is 18.2 Å². The molecule has 1 aromatic carbocycles. The summed E-state index contributed by atoms with van der Waals surface area (Å²) < 4.78 is 13.0. The first kappa shape index (κ1) is 16.2. The van der Waals surface area contributed by atoms with Gasteiger partial charge in [0.15, 0.2) is 0 Å². The van der Waals surface area contributed by atoms with Crippen LogP contribution >= 0.6 is 11.6 Å². The molecular formula is C13H17ClFN3O2. The quantitative estimate of drug-likeness (QED) is 0.780. The number of hydrogen-bond donors (Lipinski definition) is 3. The van der Waals surface area contributed by atoms with Crippen LogP contribution in [0.2, 0.25) is 5.02 Å². The van der Waals surface area contributed by atoms with Gasteiger partial charge < -0.3 is 16.4 Å². The maximum Gasteiger partial charge on any atom is 0.312 e. The van der Waals surface area contributed by atoms with Crippen molar-refractivity contribution in [2.24, 2.45) is 11.7 Å². The zero-order chi connectivity index (χ0) is 15.3. The van der Waals surface area contributed by atoms with Crippen molar-refractivity contribution in [2.45, 2.75) is 26.3 Å². The molecule has 4 N–H and O–H groups in total. The number of carbonyl (C=O) groups is 2. The molecule has 0 aliphatic carbocycles. The zero-order valence-electron chi connectivity index (χ0n) is 11.2. The fraction of sp³-hybridized carbons (Fsp3) is 0.385. The number of amides is 3. The predicted molar refractivity (Wildman–Crippen MR) is 76.0 cm³/mol. The third-order valence-corrected chi connectivity index (χ3v) is 2.82. The van der Waals surface area contributed by atoms with Gasteiger partial charge in [-0.05, 0) is 30.5 Å². The number of nitrogens with two attached hydrogens (primary N) is 1. The van der Waals surface area contributed by atoms with Crippen molar-refractivity contribution < 1.29 is 14.0 Å². The molecule has 0 radical (unpaired) electrons. The first-order valence-corrected chi connectivity index (χ1v) is 6.49. The van der Waals surface area contributed by atoms with Crippen molar-refractivity contribution in [1.29, 1.82) is 0 Å². The molecule has 0 aromatic heterocycles. The van der Waals surface area contributed by atoms with Crippen molar-refractivity contribution in [3.8, 4) is 0 Å². The Labute approximate surface area is 121 Å². The molecule has 0 saturated carbocycles. The number of halogens is 2. The van der Waals surface area contributed by atoms with Gasteiger partial charge in [-0.1, -0.05) is 25.4 Å². The van der Waals surface area contributed by atoms with Crippen molar-refractivity contribution in [2.75, 3.05) is 5.32 Å². The molecule has 0 saturated heterocycles. The Morgan fingerprint density at radius 1 is 1.40 bits per heavy atom. The number of rotatable bonds is 5. The molecule has 0 fully saturated rings. The molecule has 0 bridgehead atoms. The van der Waals surface area contributed by atoms with E-state index in [0.29, 0.717) is 12.1 Å². The average molecular weight is 302 g/mol. The van der Waals surface area contributed by atoms with Gasteiger partial charge in [0, 0.05) is 5.69 Å². The van der Waals surface area contributed by atoms with E-state index in [1.807, 2.05) is 13.8 Å². The molecule has 1 rings (SSSR count). The Morgan fingerprint density at radius 2 is 2.05 bits per heavy atom. The van der Waals surface area contributed by atoms with Crippen LogP contribution in [0.25, 0.3) is 0 Å². The molecule has 5 nitrogen and oxygen atoms in total. The van der Waals surface area contributed by atoms with Gasteiger partial charge >= 0.3 is 6.03 Å². The van der Waals surface area contributed by atoms with E-state index in [1.54, 1.807) is 0 Å². The molecule has 20 heavy (non-hydrogen) atoms. The van der Waals surface area contributed by atoms with Crippen LogP contribution in [0.1, 0.15) is 20.3 Å². The van der Waals surface area contributed by atoms with Crippen LogP contribution < -0.4 is 16.4 Å². The van der Waals surface area contributed by atoms with Gasteiger partial charge in [-0.2, -0.15) is 0 Å². The van der Waals surface area contributed by atoms with Crippen molar-refractivity contribution >= 4 is 29.2 Å². The normalized spacial score (nSPS) is 12.1. The summed E-state index contributed by atoms with van der Waals surface area (Å²) >= 11 is 5.63. The number of hydrogen-bond acceptors (Lipinski definition) is 2. The van der Waals surface area contributed by atoms with Crippen LogP contribution in [-0.2, 0) is 4.79 Å². The average Bonchev–Trinajstić information content (AvgIpc) is 2.32. The molecule has 1 atom stereocenters. The van der Waals surface area contributed by atoms with Gasteiger partial charge in [0.05, 0.1) is 5.02 Å². The van der Waals surface area contributed by atoms with Gasteiger partial charge in [0.2, 0.25) is 5.91 Å². The Morgan fingerprint density at radius 3 is 2.55 bits per heavy atom. The Bertz CT molecular complexity index is 508. The summed E-state index contributed by atoms with van der Waals surface area (Å²) in [6, 6.07) is 2.30. The molecule has 0 aliphatic rings.